The van der Waals surface area contributed by atoms with Gasteiger partial charge in [0.2, 0.25) is 0 Å². The zero-order valence-electron chi connectivity index (χ0n) is 12.8. The first-order chi connectivity index (χ1) is 10.3. The Morgan fingerprint density at radius 1 is 1.19 bits per heavy atom. The summed E-state index contributed by atoms with van der Waals surface area (Å²) >= 11 is 0. The van der Waals surface area contributed by atoms with Crippen molar-refractivity contribution in [3.05, 3.63) is 35.4 Å². The Balaban J connectivity index is 1.69. The molecule has 0 aromatic heterocycles. The average Bonchev–Trinajstić information content (AvgIpc) is 2.76. The number of hydrogen-bond acceptors (Lipinski definition) is 3. The molecule has 0 bridgehead atoms. The van der Waals surface area contributed by atoms with Crippen LogP contribution in [-0.4, -0.2) is 31.5 Å². The Hall–Kier alpha value is -0.900. The van der Waals surface area contributed by atoms with E-state index in [1.807, 2.05) is 0 Å². The highest BCUT2D eigenvalue weighted by Crippen LogP contribution is 2.32. The first-order valence-electron chi connectivity index (χ1n) is 8.33. The van der Waals surface area contributed by atoms with E-state index in [0.717, 1.165) is 32.6 Å². The highest BCUT2D eigenvalue weighted by Gasteiger charge is 2.32. The lowest BCUT2D eigenvalue weighted by Crippen LogP contribution is -2.43. The monoisotopic (exact) mass is 289 g/mol. The molecule has 116 valence electrons. The lowest BCUT2D eigenvalue weighted by Gasteiger charge is -2.37. The van der Waals surface area contributed by atoms with Crippen LogP contribution in [0.2, 0.25) is 0 Å². The third kappa shape index (κ3) is 3.47. The van der Waals surface area contributed by atoms with Crippen molar-refractivity contribution in [2.75, 3.05) is 26.4 Å². The van der Waals surface area contributed by atoms with Crippen LogP contribution in [-0.2, 0) is 11.2 Å². The van der Waals surface area contributed by atoms with Gasteiger partial charge in [-0.15, -0.1) is 0 Å². The maximum atomic E-state index is 9.83. The lowest BCUT2D eigenvalue weighted by atomic mass is 9.80. The number of aliphatic hydroxyl groups excluding tert-OH is 1. The number of aliphatic hydroxyl groups is 1. The molecule has 3 heteroatoms. The first-order valence-corrected chi connectivity index (χ1v) is 8.33. The second kappa shape index (κ2) is 6.91. The van der Waals surface area contributed by atoms with Crippen LogP contribution in [0.5, 0.6) is 0 Å². The van der Waals surface area contributed by atoms with Crippen LogP contribution in [0.4, 0.5) is 0 Å². The van der Waals surface area contributed by atoms with Gasteiger partial charge in [-0.3, -0.25) is 0 Å². The number of aryl methyl sites for hydroxylation is 1. The second-order valence-electron chi connectivity index (χ2n) is 6.65. The van der Waals surface area contributed by atoms with Gasteiger partial charge in [0.1, 0.15) is 0 Å². The molecule has 0 saturated carbocycles. The standard InChI is InChI=1S/C18H27NO2/c20-14-18(9-11-21-12-10-18)13-19-17-8-4-2-6-15-5-1-3-7-16(15)17/h1,3,5,7,17,19-20H,2,4,6,8-14H2. The summed E-state index contributed by atoms with van der Waals surface area (Å²) in [4.78, 5) is 0. The van der Waals surface area contributed by atoms with E-state index >= 15 is 0 Å². The van der Waals surface area contributed by atoms with Gasteiger partial charge in [0.15, 0.2) is 0 Å². The molecule has 1 aliphatic carbocycles. The number of hydrogen-bond donors (Lipinski definition) is 2. The summed E-state index contributed by atoms with van der Waals surface area (Å²) in [5.74, 6) is 0. The molecule has 1 fully saturated rings. The van der Waals surface area contributed by atoms with Crippen molar-refractivity contribution in [1.82, 2.24) is 5.32 Å². The molecule has 21 heavy (non-hydrogen) atoms. The normalized spacial score (nSPS) is 25.1. The molecular weight excluding hydrogens is 262 g/mol. The van der Waals surface area contributed by atoms with E-state index in [-0.39, 0.29) is 12.0 Å². The average molecular weight is 289 g/mol. The third-order valence-electron chi connectivity index (χ3n) is 5.23. The van der Waals surface area contributed by atoms with Crippen LogP contribution in [0.15, 0.2) is 24.3 Å². The molecule has 1 atom stereocenters. The van der Waals surface area contributed by atoms with E-state index in [0.29, 0.717) is 6.04 Å². The van der Waals surface area contributed by atoms with Crippen molar-refractivity contribution < 1.29 is 9.84 Å². The minimum absolute atomic E-state index is 0.0134. The van der Waals surface area contributed by atoms with Crippen LogP contribution in [0.1, 0.15) is 49.3 Å². The number of nitrogens with one attached hydrogen (secondary N) is 1. The van der Waals surface area contributed by atoms with Gasteiger partial charge in [-0.05, 0) is 43.2 Å². The van der Waals surface area contributed by atoms with Crippen molar-refractivity contribution >= 4 is 0 Å². The summed E-state index contributed by atoms with van der Waals surface area (Å²) in [6, 6.07) is 9.28. The van der Waals surface area contributed by atoms with E-state index in [2.05, 4.69) is 29.6 Å². The smallest absolute Gasteiger partial charge is 0.0501 e. The summed E-state index contributed by atoms with van der Waals surface area (Å²) in [5, 5.41) is 13.6. The van der Waals surface area contributed by atoms with Gasteiger partial charge in [0, 0.05) is 31.2 Å². The van der Waals surface area contributed by atoms with Crippen LogP contribution in [0.25, 0.3) is 0 Å². The highest BCUT2D eigenvalue weighted by molar-refractivity contribution is 5.31. The maximum Gasteiger partial charge on any atom is 0.0501 e. The van der Waals surface area contributed by atoms with Crippen LogP contribution < -0.4 is 5.32 Å². The maximum absolute atomic E-state index is 9.83. The van der Waals surface area contributed by atoms with E-state index in [9.17, 15) is 5.11 Å². The van der Waals surface area contributed by atoms with Crippen molar-refractivity contribution in [3.8, 4) is 0 Å². The van der Waals surface area contributed by atoms with Crippen LogP contribution in [0, 0.1) is 5.41 Å². The van der Waals surface area contributed by atoms with Crippen LogP contribution in [0.3, 0.4) is 0 Å². The summed E-state index contributed by atoms with van der Waals surface area (Å²) in [5.41, 5.74) is 2.98. The minimum Gasteiger partial charge on any atom is -0.396 e. The first kappa shape index (κ1) is 15.0. The minimum atomic E-state index is 0.0134. The summed E-state index contributed by atoms with van der Waals surface area (Å²) in [7, 11) is 0. The molecule has 2 aliphatic rings. The molecule has 2 N–H and O–H groups in total. The van der Waals surface area contributed by atoms with E-state index in [1.165, 1.54) is 36.8 Å². The van der Waals surface area contributed by atoms with Gasteiger partial charge < -0.3 is 15.2 Å². The largest absolute Gasteiger partial charge is 0.396 e. The fourth-order valence-electron chi connectivity index (χ4n) is 3.67. The summed E-state index contributed by atoms with van der Waals surface area (Å²) < 4.78 is 5.46. The van der Waals surface area contributed by atoms with Crippen molar-refractivity contribution in [3.63, 3.8) is 0 Å². The molecule has 0 amide bonds. The van der Waals surface area contributed by atoms with Crippen molar-refractivity contribution in [1.29, 1.82) is 0 Å². The Kier molecular flexibility index (Phi) is 4.94. The zero-order chi connectivity index (χ0) is 14.5. The Bertz CT molecular complexity index is 454. The molecular formula is C18H27NO2. The van der Waals surface area contributed by atoms with Crippen molar-refractivity contribution in [2.45, 2.75) is 44.6 Å². The number of ether oxygens (including phenoxy) is 1. The fraction of sp³-hybridized carbons (Fsp3) is 0.667. The van der Waals surface area contributed by atoms with Crippen molar-refractivity contribution in [2.24, 2.45) is 5.41 Å². The summed E-state index contributed by atoms with van der Waals surface area (Å²) in [6.45, 7) is 2.72. The van der Waals surface area contributed by atoms with E-state index < -0.39 is 0 Å². The number of benzene rings is 1. The quantitative estimate of drug-likeness (QED) is 0.838. The van der Waals surface area contributed by atoms with Gasteiger partial charge in [-0.25, -0.2) is 0 Å². The molecule has 1 heterocycles. The van der Waals surface area contributed by atoms with E-state index in [1.54, 1.807) is 0 Å². The van der Waals surface area contributed by atoms with Gasteiger partial charge >= 0.3 is 0 Å². The number of rotatable bonds is 4. The molecule has 1 aliphatic heterocycles. The molecule has 1 unspecified atom stereocenters. The van der Waals surface area contributed by atoms with Gasteiger partial charge in [-0.2, -0.15) is 0 Å². The summed E-state index contributed by atoms with van der Waals surface area (Å²) in [6.07, 6.45) is 6.90. The molecule has 0 radical (unpaired) electrons. The second-order valence-corrected chi connectivity index (χ2v) is 6.65. The Morgan fingerprint density at radius 3 is 2.81 bits per heavy atom. The lowest BCUT2D eigenvalue weighted by molar-refractivity contribution is -0.0167. The zero-order valence-corrected chi connectivity index (χ0v) is 12.8. The van der Waals surface area contributed by atoms with Gasteiger partial charge in [-0.1, -0.05) is 30.7 Å². The van der Waals surface area contributed by atoms with Gasteiger partial charge in [0.05, 0.1) is 6.61 Å². The molecule has 0 spiro atoms. The third-order valence-corrected chi connectivity index (χ3v) is 5.23. The molecule has 3 nitrogen and oxygen atoms in total. The molecule has 1 aromatic rings. The van der Waals surface area contributed by atoms with Crippen LogP contribution >= 0.6 is 0 Å². The molecule has 3 rings (SSSR count). The predicted octanol–water partition coefficient (Wildman–Crippen LogP) is 2.83. The fourth-order valence-corrected chi connectivity index (χ4v) is 3.67. The van der Waals surface area contributed by atoms with E-state index in [4.69, 9.17) is 4.74 Å². The Morgan fingerprint density at radius 2 is 2.00 bits per heavy atom. The Labute approximate surface area is 127 Å². The van der Waals surface area contributed by atoms with Gasteiger partial charge in [0.25, 0.3) is 0 Å². The molecule has 1 saturated heterocycles. The number of fused-ring (bicyclic) bond motifs is 1. The predicted molar refractivity (Wildman–Crippen MR) is 84.3 cm³/mol. The topological polar surface area (TPSA) is 41.5 Å². The molecule has 1 aromatic carbocycles. The SMILES string of the molecule is OCC1(CNC2CCCCc3ccccc32)CCOCC1. The highest BCUT2D eigenvalue weighted by atomic mass is 16.5.